The van der Waals surface area contributed by atoms with E-state index >= 15 is 0 Å². The summed E-state index contributed by atoms with van der Waals surface area (Å²) in [5, 5.41) is 0. The zero-order valence-electron chi connectivity index (χ0n) is 16.8. The smallest absolute Gasteiger partial charge is 0.253 e. The molecule has 1 aliphatic heterocycles. The Morgan fingerprint density at radius 2 is 1.50 bits per heavy atom. The number of carbonyl (C=O) groups excluding carboxylic acids is 2. The van der Waals surface area contributed by atoms with Crippen LogP contribution in [0.15, 0.2) is 54.6 Å². The van der Waals surface area contributed by atoms with Gasteiger partial charge in [-0.2, -0.15) is 0 Å². The third-order valence-electron chi connectivity index (χ3n) is 5.32. The Labute approximate surface area is 167 Å². The lowest BCUT2D eigenvalue weighted by Gasteiger charge is -2.35. The van der Waals surface area contributed by atoms with Gasteiger partial charge >= 0.3 is 0 Å². The molecule has 2 amide bonds. The highest BCUT2D eigenvalue weighted by Gasteiger charge is 2.24. The lowest BCUT2D eigenvalue weighted by atomic mass is 10.1. The van der Waals surface area contributed by atoms with Crippen LogP contribution >= 0.6 is 0 Å². The van der Waals surface area contributed by atoms with Crippen molar-refractivity contribution in [3.8, 4) is 0 Å². The summed E-state index contributed by atoms with van der Waals surface area (Å²) in [5.41, 5.74) is 3.17. The van der Waals surface area contributed by atoms with Crippen molar-refractivity contribution in [2.24, 2.45) is 0 Å². The van der Waals surface area contributed by atoms with Gasteiger partial charge in [0.2, 0.25) is 5.91 Å². The molecule has 5 nitrogen and oxygen atoms in total. The van der Waals surface area contributed by atoms with E-state index in [1.165, 1.54) is 5.56 Å². The van der Waals surface area contributed by atoms with Gasteiger partial charge in [-0.3, -0.25) is 14.5 Å². The summed E-state index contributed by atoms with van der Waals surface area (Å²) in [7, 11) is 1.85. The zero-order chi connectivity index (χ0) is 19.9. The van der Waals surface area contributed by atoms with Crippen LogP contribution in [0.4, 0.5) is 0 Å². The third kappa shape index (κ3) is 5.20. The van der Waals surface area contributed by atoms with Gasteiger partial charge in [0.15, 0.2) is 0 Å². The highest BCUT2D eigenvalue weighted by atomic mass is 16.2. The topological polar surface area (TPSA) is 43.9 Å². The molecule has 0 radical (unpaired) electrons. The third-order valence-corrected chi connectivity index (χ3v) is 5.32. The molecule has 0 bridgehead atoms. The SMILES string of the molecule is CCc1ccc(CN(C)C(=O)CN2CCN(C(=O)c3ccccc3)CC2)cc1. The van der Waals surface area contributed by atoms with Gasteiger partial charge in [-0.25, -0.2) is 0 Å². The Kier molecular flexibility index (Phi) is 6.82. The highest BCUT2D eigenvalue weighted by Crippen LogP contribution is 2.10. The van der Waals surface area contributed by atoms with Crippen LogP contribution in [-0.2, 0) is 17.8 Å². The quantitative estimate of drug-likeness (QED) is 0.775. The van der Waals surface area contributed by atoms with Crippen LogP contribution in [0.1, 0.15) is 28.4 Å². The predicted octanol–water partition coefficient (Wildman–Crippen LogP) is 2.67. The summed E-state index contributed by atoms with van der Waals surface area (Å²) in [4.78, 5) is 30.9. The molecule has 1 fully saturated rings. The number of benzene rings is 2. The number of rotatable bonds is 6. The molecule has 0 unspecified atom stereocenters. The van der Waals surface area contributed by atoms with Crippen molar-refractivity contribution in [3.63, 3.8) is 0 Å². The summed E-state index contributed by atoms with van der Waals surface area (Å²) >= 11 is 0. The largest absolute Gasteiger partial charge is 0.340 e. The number of nitrogens with zero attached hydrogens (tertiary/aromatic N) is 3. The first kappa shape index (κ1) is 20.1. The van der Waals surface area contributed by atoms with E-state index in [1.54, 1.807) is 4.90 Å². The molecular weight excluding hydrogens is 350 g/mol. The van der Waals surface area contributed by atoms with Crippen molar-refractivity contribution < 1.29 is 9.59 Å². The van der Waals surface area contributed by atoms with Gasteiger partial charge in [0, 0.05) is 45.3 Å². The molecule has 3 rings (SSSR count). The van der Waals surface area contributed by atoms with E-state index in [2.05, 4.69) is 36.1 Å². The lowest BCUT2D eigenvalue weighted by molar-refractivity contribution is -0.132. The van der Waals surface area contributed by atoms with E-state index in [9.17, 15) is 9.59 Å². The van der Waals surface area contributed by atoms with Crippen LogP contribution in [0, 0.1) is 0 Å². The Hall–Kier alpha value is -2.66. The minimum Gasteiger partial charge on any atom is -0.340 e. The van der Waals surface area contributed by atoms with E-state index < -0.39 is 0 Å². The minimum absolute atomic E-state index is 0.0687. The van der Waals surface area contributed by atoms with Crippen molar-refractivity contribution in [3.05, 3.63) is 71.3 Å². The van der Waals surface area contributed by atoms with Crippen molar-refractivity contribution in [1.29, 1.82) is 0 Å². The maximum atomic E-state index is 12.6. The van der Waals surface area contributed by atoms with Crippen molar-refractivity contribution in [2.75, 3.05) is 39.8 Å². The fraction of sp³-hybridized carbons (Fsp3) is 0.391. The summed E-state index contributed by atoms with van der Waals surface area (Å²) < 4.78 is 0. The molecule has 0 N–H and O–H groups in total. The lowest BCUT2D eigenvalue weighted by Crippen LogP contribution is -2.51. The maximum absolute atomic E-state index is 12.6. The van der Waals surface area contributed by atoms with E-state index in [0.717, 1.165) is 30.6 Å². The number of likely N-dealkylation sites (N-methyl/N-ethyl adjacent to an activating group) is 1. The average Bonchev–Trinajstić information content (AvgIpc) is 2.75. The maximum Gasteiger partial charge on any atom is 0.253 e. The van der Waals surface area contributed by atoms with Gasteiger partial charge in [-0.15, -0.1) is 0 Å². The molecule has 0 atom stereocenters. The first-order chi connectivity index (χ1) is 13.6. The molecule has 5 heteroatoms. The zero-order valence-corrected chi connectivity index (χ0v) is 16.8. The van der Waals surface area contributed by atoms with E-state index in [4.69, 9.17) is 0 Å². The number of aryl methyl sites for hydroxylation is 1. The molecule has 0 aromatic heterocycles. The second-order valence-electron chi connectivity index (χ2n) is 7.35. The van der Waals surface area contributed by atoms with Gasteiger partial charge in [0.1, 0.15) is 0 Å². The molecular formula is C23H29N3O2. The van der Waals surface area contributed by atoms with Crippen molar-refractivity contribution >= 4 is 11.8 Å². The van der Waals surface area contributed by atoms with Gasteiger partial charge in [0.05, 0.1) is 6.54 Å². The summed E-state index contributed by atoms with van der Waals surface area (Å²) in [5.74, 6) is 0.182. The molecule has 2 aromatic carbocycles. The molecule has 148 valence electrons. The molecule has 1 aliphatic rings. The van der Waals surface area contributed by atoms with Gasteiger partial charge in [-0.05, 0) is 29.7 Å². The fourth-order valence-electron chi connectivity index (χ4n) is 3.43. The van der Waals surface area contributed by atoms with Gasteiger partial charge < -0.3 is 9.80 Å². The molecule has 0 aliphatic carbocycles. The Balaban J connectivity index is 1.45. The molecule has 28 heavy (non-hydrogen) atoms. The minimum atomic E-state index is 0.0687. The Morgan fingerprint density at radius 1 is 0.893 bits per heavy atom. The summed E-state index contributed by atoms with van der Waals surface area (Å²) in [6, 6.07) is 17.8. The van der Waals surface area contributed by atoms with Gasteiger partial charge in [0.25, 0.3) is 5.91 Å². The van der Waals surface area contributed by atoms with Crippen molar-refractivity contribution in [1.82, 2.24) is 14.7 Å². The number of carbonyl (C=O) groups is 2. The first-order valence-corrected chi connectivity index (χ1v) is 9.95. The molecule has 1 heterocycles. The van der Waals surface area contributed by atoms with E-state index in [1.807, 2.05) is 42.3 Å². The van der Waals surface area contributed by atoms with E-state index in [-0.39, 0.29) is 11.8 Å². The fourth-order valence-corrected chi connectivity index (χ4v) is 3.43. The molecule has 0 spiro atoms. The monoisotopic (exact) mass is 379 g/mol. The van der Waals surface area contributed by atoms with Crippen LogP contribution in [0.3, 0.4) is 0 Å². The predicted molar refractivity (Wildman–Crippen MR) is 111 cm³/mol. The molecule has 2 aromatic rings. The molecule has 0 saturated carbocycles. The first-order valence-electron chi connectivity index (χ1n) is 9.95. The standard InChI is InChI=1S/C23H29N3O2/c1-3-19-9-11-20(12-10-19)17-24(2)22(27)18-25-13-15-26(16-14-25)23(28)21-7-5-4-6-8-21/h4-12H,3,13-18H2,1-2H3. The summed E-state index contributed by atoms with van der Waals surface area (Å²) in [6.45, 7) is 5.92. The number of amides is 2. The van der Waals surface area contributed by atoms with Crippen LogP contribution in [0.2, 0.25) is 0 Å². The number of hydrogen-bond donors (Lipinski definition) is 0. The normalized spacial score (nSPS) is 14.7. The van der Waals surface area contributed by atoms with Gasteiger partial charge in [-0.1, -0.05) is 49.4 Å². The number of hydrogen-bond acceptors (Lipinski definition) is 3. The summed E-state index contributed by atoms with van der Waals surface area (Å²) in [6.07, 6.45) is 1.02. The van der Waals surface area contributed by atoms with Crippen molar-refractivity contribution in [2.45, 2.75) is 19.9 Å². The Morgan fingerprint density at radius 3 is 2.11 bits per heavy atom. The average molecular weight is 380 g/mol. The Bertz CT molecular complexity index is 781. The second kappa shape index (κ2) is 9.51. The number of piperazine rings is 1. The van der Waals surface area contributed by atoms with E-state index in [0.29, 0.717) is 26.2 Å². The molecule has 1 saturated heterocycles. The van der Waals surface area contributed by atoms with Crippen LogP contribution < -0.4 is 0 Å². The van der Waals surface area contributed by atoms with Crippen LogP contribution in [0.25, 0.3) is 0 Å². The van der Waals surface area contributed by atoms with Crippen LogP contribution in [0.5, 0.6) is 0 Å². The van der Waals surface area contributed by atoms with Crippen LogP contribution in [-0.4, -0.2) is 66.3 Å². The second-order valence-corrected chi connectivity index (χ2v) is 7.35. The highest BCUT2D eigenvalue weighted by molar-refractivity contribution is 5.94.